The molecule has 1 heterocycles. The summed E-state index contributed by atoms with van der Waals surface area (Å²) in [4.78, 5) is 83.2. The molecular weight excluding hydrogens is 530 g/mol. The summed E-state index contributed by atoms with van der Waals surface area (Å²) < 4.78 is 0. The van der Waals surface area contributed by atoms with Crippen LogP contribution in [0.1, 0.15) is 44.2 Å². The minimum atomic E-state index is -1.36. The molecule has 0 aromatic carbocycles. The highest BCUT2D eigenvalue weighted by atomic mass is 16.4. The molecule has 0 radical (unpaired) electrons. The van der Waals surface area contributed by atoms with Crippen LogP contribution >= 0.6 is 0 Å². The Hall–Kier alpha value is -4.74. The SMILES string of the molecule is NC(=O)CCC(N)C(=O)NC(CCC(N)=O)C(=O)NC(CCCN=C(N)N)C(=O)NC(Cc1cnc[nH]1)C(=O)O. The zero-order valence-corrected chi connectivity index (χ0v) is 21.8. The Balaban J connectivity index is 3.06. The van der Waals surface area contributed by atoms with E-state index in [-0.39, 0.29) is 57.5 Å². The zero-order valence-electron chi connectivity index (χ0n) is 21.8. The molecule has 0 saturated heterocycles. The number of nitrogens with two attached hydrogens (primary N) is 5. The zero-order chi connectivity index (χ0) is 30.2. The van der Waals surface area contributed by atoms with E-state index >= 15 is 0 Å². The van der Waals surface area contributed by atoms with Gasteiger partial charge >= 0.3 is 5.97 Å². The third kappa shape index (κ3) is 13.2. The van der Waals surface area contributed by atoms with Gasteiger partial charge in [0.05, 0.1) is 12.4 Å². The average Bonchev–Trinajstić information content (AvgIpc) is 3.38. The van der Waals surface area contributed by atoms with E-state index in [0.717, 1.165) is 0 Å². The molecule has 222 valence electrons. The van der Waals surface area contributed by atoms with Crippen LogP contribution in [0.4, 0.5) is 0 Å². The van der Waals surface area contributed by atoms with Gasteiger partial charge in [0.15, 0.2) is 5.96 Å². The number of carboxylic acids is 1. The van der Waals surface area contributed by atoms with Crippen molar-refractivity contribution in [1.29, 1.82) is 0 Å². The quantitative estimate of drug-likeness (QED) is 0.0430. The van der Waals surface area contributed by atoms with E-state index in [1.54, 1.807) is 0 Å². The van der Waals surface area contributed by atoms with E-state index in [4.69, 9.17) is 28.7 Å². The van der Waals surface area contributed by atoms with Crippen LogP contribution in [-0.2, 0) is 35.2 Å². The number of nitrogens with zero attached hydrogens (tertiary/aromatic N) is 2. The second-order valence-corrected chi connectivity index (χ2v) is 8.87. The maximum Gasteiger partial charge on any atom is 0.326 e. The smallest absolute Gasteiger partial charge is 0.326 e. The molecule has 0 fully saturated rings. The summed E-state index contributed by atoms with van der Waals surface area (Å²) in [5.74, 6) is -5.43. The van der Waals surface area contributed by atoms with Crippen LogP contribution in [0.3, 0.4) is 0 Å². The molecule has 5 amide bonds. The standard InChI is InChI=1S/C22H37N11O7/c23-12(3-5-16(24)34)18(36)31-14(4-6-17(25)35)20(38)32-13(2-1-7-29-22(26)27)19(37)33-15(21(39)40)8-11-9-28-10-30-11/h9-10,12-15H,1-8,23H2,(H2,24,34)(H2,25,35)(H,28,30)(H,31,36)(H,32,38)(H,33,37)(H,39,40)(H4,26,27,29). The Bertz CT molecular complexity index is 1060. The second-order valence-electron chi connectivity index (χ2n) is 8.87. The largest absolute Gasteiger partial charge is 0.480 e. The Morgan fingerprint density at radius 2 is 1.40 bits per heavy atom. The van der Waals surface area contributed by atoms with Crippen LogP contribution in [0.15, 0.2) is 17.5 Å². The fourth-order valence-corrected chi connectivity index (χ4v) is 3.40. The predicted molar refractivity (Wildman–Crippen MR) is 140 cm³/mol. The average molecular weight is 568 g/mol. The number of hydrogen-bond acceptors (Lipinski definition) is 9. The van der Waals surface area contributed by atoms with E-state index in [1.165, 1.54) is 12.5 Å². The second kappa shape index (κ2) is 17.0. The number of aromatic amines is 1. The molecule has 1 aromatic rings. The molecule has 18 nitrogen and oxygen atoms in total. The molecule has 4 atom stereocenters. The Morgan fingerprint density at radius 1 is 0.850 bits per heavy atom. The summed E-state index contributed by atoms with van der Waals surface area (Å²) in [5, 5.41) is 16.8. The number of nitrogens with one attached hydrogen (secondary N) is 4. The predicted octanol–water partition coefficient (Wildman–Crippen LogP) is -4.60. The maximum atomic E-state index is 13.1. The van der Waals surface area contributed by atoms with Crippen molar-refractivity contribution in [2.75, 3.05) is 6.54 Å². The van der Waals surface area contributed by atoms with Crippen molar-refractivity contribution in [1.82, 2.24) is 25.9 Å². The van der Waals surface area contributed by atoms with Crippen LogP contribution in [0.5, 0.6) is 0 Å². The van der Waals surface area contributed by atoms with Gasteiger partial charge in [-0.3, -0.25) is 29.0 Å². The van der Waals surface area contributed by atoms with Crippen molar-refractivity contribution in [3.05, 3.63) is 18.2 Å². The van der Waals surface area contributed by atoms with Crippen LogP contribution in [-0.4, -0.2) is 87.3 Å². The molecule has 18 heteroatoms. The van der Waals surface area contributed by atoms with Crippen molar-refractivity contribution in [3.8, 4) is 0 Å². The molecule has 40 heavy (non-hydrogen) atoms. The third-order valence-electron chi connectivity index (χ3n) is 5.52. The number of carbonyl (C=O) groups excluding carboxylic acids is 5. The number of primary amides is 2. The third-order valence-corrected chi connectivity index (χ3v) is 5.52. The van der Waals surface area contributed by atoms with E-state index in [9.17, 15) is 33.9 Å². The maximum absolute atomic E-state index is 13.1. The number of aliphatic imine (C=N–C) groups is 1. The lowest BCUT2D eigenvalue weighted by Gasteiger charge is -2.25. The summed E-state index contributed by atoms with van der Waals surface area (Å²) in [6.07, 6.45) is 2.05. The van der Waals surface area contributed by atoms with Gasteiger partial charge in [0.1, 0.15) is 18.1 Å². The number of guanidine groups is 1. The molecule has 0 aliphatic carbocycles. The summed E-state index contributed by atoms with van der Waals surface area (Å²) in [6, 6.07) is -5.16. The van der Waals surface area contributed by atoms with Gasteiger partial charge in [-0.15, -0.1) is 0 Å². The number of H-pyrrole nitrogens is 1. The first-order valence-corrected chi connectivity index (χ1v) is 12.3. The summed E-state index contributed by atoms with van der Waals surface area (Å²) >= 11 is 0. The topological polar surface area (TPSA) is 330 Å². The highest BCUT2D eigenvalue weighted by Crippen LogP contribution is 2.06. The van der Waals surface area contributed by atoms with Gasteiger partial charge in [-0.25, -0.2) is 9.78 Å². The molecule has 15 N–H and O–H groups in total. The van der Waals surface area contributed by atoms with Crippen molar-refractivity contribution in [2.45, 2.75) is 69.1 Å². The Labute approximate surface area is 229 Å². The first kappa shape index (κ1) is 33.3. The highest BCUT2D eigenvalue weighted by Gasteiger charge is 2.30. The van der Waals surface area contributed by atoms with Crippen molar-refractivity contribution >= 4 is 41.5 Å². The minimum Gasteiger partial charge on any atom is -0.480 e. The summed E-state index contributed by atoms with van der Waals surface area (Å²) in [6.45, 7) is 0.106. The molecule has 4 unspecified atom stereocenters. The molecule has 1 aromatic heterocycles. The van der Waals surface area contributed by atoms with Gasteiger partial charge in [0, 0.05) is 37.7 Å². The number of amides is 5. The van der Waals surface area contributed by atoms with E-state index in [1.807, 2.05) is 0 Å². The van der Waals surface area contributed by atoms with Crippen LogP contribution in [0.25, 0.3) is 0 Å². The molecular formula is C22H37N11O7. The van der Waals surface area contributed by atoms with Crippen LogP contribution in [0, 0.1) is 0 Å². The number of rotatable bonds is 19. The van der Waals surface area contributed by atoms with Gasteiger partial charge in [0.25, 0.3) is 0 Å². The number of carbonyl (C=O) groups is 6. The minimum absolute atomic E-state index is 0.0145. The molecule has 0 spiro atoms. The van der Waals surface area contributed by atoms with Gasteiger partial charge in [0.2, 0.25) is 29.5 Å². The normalized spacial score (nSPS) is 13.6. The molecule has 0 aliphatic rings. The fourth-order valence-electron chi connectivity index (χ4n) is 3.40. The van der Waals surface area contributed by atoms with Crippen LogP contribution < -0.4 is 44.6 Å². The number of hydrogen-bond donors (Lipinski definition) is 10. The molecule has 0 bridgehead atoms. The monoisotopic (exact) mass is 567 g/mol. The number of carboxylic acid groups (broad SMARTS) is 1. The number of imidazole rings is 1. The van der Waals surface area contributed by atoms with E-state index in [2.05, 4.69) is 30.9 Å². The number of aliphatic carboxylic acids is 1. The van der Waals surface area contributed by atoms with E-state index < -0.39 is 59.7 Å². The van der Waals surface area contributed by atoms with Gasteiger partial charge < -0.3 is 54.7 Å². The van der Waals surface area contributed by atoms with Crippen molar-refractivity contribution in [3.63, 3.8) is 0 Å². The van der Waals surface area contributed by atoms with Crippen molar-refractivity contribution < 1.29 is 33.9 Å². The van der Waals surface area contributed by atoms with Gasteiger partial charge in [-0.1, -0.05) is 0 Å². The lowest BCUT2D eigenvalue weighted by molar-refractivity contribution is -0.142. The first-order chi connectivity index (χ1) is 18.8. The summed E-state index contributed by atoms with van der Waals surface area (Å²) in [5.41, 5.74) is 27.1. The highest BCUT2D eigenvalue weighted by molar-refractivity contribution is 5.94. The lowest BCUT2D eigenvalue weighted by Crippen LogP contribution is -2.57. The Kier molecular flexibility index (Phi) is 14.1. The van der Waals surface area contributed by atoms with Gasteiger partial charge in [-0.05, 0) is 25.7 Å². The molecule has 0 saturated carbocycles. The Morgan fingerprint density at radius 3 is 1.93 bits per heavy atom. The lowest BCUT2D eigenvalue weighted by atomic mass is 10.0. The van der Waals surface area contributed by atoms with E-state index in [0.29, 0.717) is 5.69 Å². The fraction of sp³-hybridized carbons (Fsp3) is 0.545. The molecule has 1 rings (SSSR count). The van der Waals surface area contributed by atoms with Crippen molar-refractivity contribution in [2.24, 2.45) is 33.7 Å². The van der Waals surface area contributed by atoms with Gasteiger partial charge in [-0.2, -0.15) is 0 Å². The number of aromatic nitrogens is 2. The first-order valence-electron chi connectivity index (χ1n) is 12.3. The summed E-state index contributed by atoms with van der Waals surface area (Å²) in [7, 11) is 0. The van der Waals surface area contributed by atoms with Crippen LogP contribution in [0.2, 0.25) is 0 Å². The molecule has 0 aliphatic heterocycles.